The summed E-state index contributed by atoms with van der Waals surface area (Å²) in [5, 5.41) is 2.39. The highest BCUT2D eigenvalue weighted by molar-refractivity contribution is 7.78. The monoisotopic (exact) mass is 362 g/mol. The first-order valence-electron chi connectivity index (χ1n) is 9.55. The molecule has 1 aromatic carbocycles. The van der Waals surface area contributed by atoms with E-state index in [1.165, 1.54) is 44.1 Å². The van der Waals surface area contributed by atoms with Crippen LogP contribution in [0.5, 0.6) is 0 Å². The number of hydrogen-bond donors (Lipinski definition) is 0. The summed E-state index contributed by atoms with van der Waals surface area (Å²) in [5.74, 6) is 1.58. The molecule has 0 amide bonds. The van der Waals surface area contributed by atoms with Crippen molar-refractivity contribution in [2.45, 2.75) is 50.9 Å². The third kappa shape index (κ3) is 4.97. The van der Waals surface area contributed by atoms with E-state index in [1.807, 2.05) is 30.3 Å². The van der Waals surface area contributed by atoms with E-state index >= 15 is 0 Å². The highest BCUT2D eigenvalue weighted by Gasteiger charge is 2.22. The maximum atomic E-state index is 4.70. The Kier molecular flexibility index (Phi) is 6.88. The average molecular weight is 363 g/mol. The Labute approximate surface area is 162 Å². The molecule has 0 spiro atoms. The molecule has 0 N–H and O–H groups in total. The second kappa shape index (κ2) is 9.56. The predicted molar refractivity (Wildman–Crippen MR) is 113 cm³/mol. The lowest BCUT2D eigenvalue weighted by Crippen LogP contribution is -2.13. The fraction of sp³-hybridized carbons (Fsp3) is 0.391. The molecular formula is C23H26N2S. The summed E-state index contributed by atoms with van der Waals surface area (Å²) >= 11 is 4.64. The Hall–Kier alpha value is -2.09. The maximum absolute atomic E-state index is 4.70. The molecule has 134 valence electrons. The number of aliphatic imine (C=N–C) groups is 1. The Morgan fingerprint density at radius 1 is 1.12 bits per heavy atom. The van der Waals surface area contributed by atoms with Gasteiger partial charge < -0.3 is 0 Å². The van der Waals surface area contributed by atoms with Crippen molar-refractivity contribution < 1.29 is 0 Å². The van der Waals surface area contributed by atoms with E-state index in [0.717, 1.165) is 29.3 Å². The topological polar surface area (TPSA) is 25.2 Å². The van der Waals surface area contributed by atoms with Gasteiger partial charge in [0.15, 0.2) is 0 Å². The third-order valence-corrected chi connectivity index (χ3v) is 5.55. The van der Waals surface area contributed by atoms with Crippen LogP contribution in [0.3, 0.4) is 0 Å². The zero-order valence-corrected chi connectivity index (χ0v) is 16.0. The largest absolute Gasteiger partial charge is 0.256 e. The molecule has 0 saturated heterocycles. The summed E-state index contributed by atoms with van der Waals surface area (Å²) in [5.41, 5.74) is 4.32. The fourth-order valence-corrected chi connectivity index (χ4v) is 4.02. The van der Waals surface area contributed by atoms with Crippen LogP contribution in [0.4, 0.5) is 5.69 Å². The van der Waals surface area contributed by atoms with Gasteiger partial charge in [0.2, 0.25) is 0 Å². The van der Waals surface area contributed by atoms with Crippen LogP contribution in [-0.4, -0.2) is 10.1 Å². The molecule has 1 fully saturated rings. The van der Waals surface area contributed by atoms with Crippen molar-refractivity contribution in [3.05, 3.63) is 60.8 Å². The van der Waals surface area contributed by atoms with E-state index in [9.17, 15) is 0 Å². The van der Waals surface area contributed by atoms with Crippen molar-refractivity contribution in [3.63, 3.8) is 0 Å². The molecule has 0 bridgehead atoms. The summed E-state index contributed by atoms with van der Waals surface area (Å²) in [6.07, 6.45) is 13.2. The molecule has 1 aliphatic rings. The molecule has 2 nitrogen and oxygen atoms in total. The summed E-state index contributed by atoms with van der Waals surface area (Å²) in [7, 11) is 0. The molecule has 26 heavy (non-hydrogen) atoms. The smallest absolute Gasteiger partial charge is 0.0740 e. The Morgan fingerprint density at radius 3 is 2.50 bits per heavy atom. The van der Waals surface area contributed by atoms with Crippen LogP contribution in [0.15, 0.2) is 60.2 Å². The Morgan fingerprint density at radius 2 is 1.88 bits per heavy atom. The summed E-state index contributed by atoms with van der Waals surface area (Å²) in [6.45, 7) is 3.82. The van der Waals surface area contributed by atoms with E-state index in [-0.39, 0.29) is 0 Å². The van der Waals surface area contributed by atoms with Crippen molar-refractivity contribution >= 4 is 23.1 Å². The predicted octanol–water partition coefficient (Wildman–Crippen LogP) is 7.11. The normalized spacial score (nSPS) is 19.5. The molecule has 1 aliphatic carbocycles. The van der Waals surface area contributed by atoms with Gasteiger partial charge in [-0.05, 0) is 86.3 Å². The van der Waals surface area contributed by atoms with Crippen LogP contribution >= 0.6 is 12.2 Å². The molecule has 1 saturated carbocycles. The zero-order chi connectivity index (χ0) is 18.2. The summed E-state index contributed by atoms with van der Waals surface area (Å²) < 4.78 is 0. The number of isothiocyanates is 1. The molecule has 1 aromatic heterocycles. The lowest BCUT2D eigenvalue weighted by atomic mass is 9.77. The van der Waals surface area contributed by atoms with Gasteiger partial charge in [-0.25, -0.2) is 0 Å². The van der Waals surface area contributed by atoms with Crippen LogP contribution < -0.4 is 0 Å². The zero-order valence-electron chi connectivity index (χ0n) is 15.2. The van der Waals surface area contributed by atoms with Gasteiger partial charge in [0.1, 0.15) is 0 Å². The Balaban J connectivity index is 1.58. The first-order valence-corrected chi connectivity index (χ1v) is 9.96. The highest BCUT2D eigenvalue weighted by atomic mass is 32.1. The minimum atomic E-state index is 0.673. The lowest BCUT2D eigenvalue weighted by molar-refractivity contribution is 0.305. The number of benzene rings is 1. The summed E-state index contributed by atoms with van der Waals surface area (Å²) in [6, 6.07) is 12.3. The second-order valence-corrected chi connectivity index (χ2v) is 7.35. The number of allylic oxidation sites excluding steroid dienone is 1. The standard InChI is InChI=1S/C23H26N2S/c1-2-3-4-5-18-6-8-19(9-7-18)21-12-15-23(24-16-21)20-10-13-22(14-11-20)25-17-26/h2,10-16,18-19H,1,3-9H2/t18-,19-. The number of unbranched alkanes of at least 4 members (excludes halogenated alkanes) is 1. The van der Waals surface area contributed by atoms with Crippen LogP contribution in [0.2, 0.25) is 0 Å². The third-order valence-electron chi connectivity index (χ3n) is 5.46. The molecule has 2 aromatic rings. The van der Waals surface area contributed by atoms with Gasteiger partial charge in [0.05, 0.1) is 16.5 Å². The molecule has 0 radical (unpaired) electrons. The molecular weight excluding hydrogens is 336 g/mol. The number of hydrogen-bond acceptors (Lipinski definition) is 3. The van der Waals surface area contributed by atoms with Crippen LogP contribution in [0.25, 0.3) is 11.3 Å². The van der Waals surface area contributed by atoms with Gasteiger partial charge in [-0.3, -0.25) is 4.98 Å². The summed E-state index contributed by atoms with van der Waals surface area (Å²) in [4.78, 5) is 8.69. The Bertz CT molecular complexity index is 750. The van der Waals surface area contributed by atoms with E-state index in [1.54, 1.807) is 0 Å². The quantitative estimate of drug-likeness (QED) is 0.227. The number of aromatic nitrogens is 1. The van der Waals surface area contributed by atoms with Crippen molar-refractivity contribution in [2.75, 3.05) is 0 Å². The fourth-order valence-electron chi connectivity index (χ4n) is 3.91. The van der Waals surface area contributed by atoms with Crippen molar-refractivity contribution in [1.82, 2.24) is 4.98 Å². The molecule has 1 heterocycles. The average Bonchev–Trinajstić information content (AvgIpc) is 2.70. The van der Waals surface area contributed by atoms with Gasteiger partial charge in [-0.2, -0.15) is 4.99 Å². The highest BCUT2D eigenvalue weighted by Crippen LogP contribution is 2.37. The number of rotatable bonds is 7. The van der Waals surface area contributed by atoms with Crippen LogP contribution in [0.1, 0.15) is 56.4 Å². The van der Waals surface area contributed by atoms with E-state index < -0.39 is 0 Å². The number of thiocarbonyl (C=S) groups is 1. The minimum absolute atomic E-state index is 0.673. The van der Waals surface area contributed by atoms with Crippen molar-refractivity contribution in [1.29, 1.82) is 0 Å². The molecule has 0 atom stereocenters. The minimum Gasteiger partial charge on any atom is -0.256 e. The van der Waals surface area contributed by atoms with E-state index in [2.05, 4.69) is 47.3 Å². The lowest BCUT2D eigenvalue weighted by Gasteiger charge is -2.28. The van der Waals surface area contributed by atoms with Crippen molar-refractivity contribution in [3.8, 4) is 11.3 Å². The van der Waals surface area contributed by atoms with E-state index in [0.29, 0.717) is 5.92 Å². The van der Waals surface area contributed by atoms with Gasteiger partial charge in [-0.15, -0.1) is 6.58 Å². The van der Waals surface area contributed by atoms with Gasteiger partial charge in [-0.1, -0.05) is 30.7 Å². The SMILES string of the molecule is C=CCCC[C@H]1CC[C@H](c2ccc(-c3ccc(N=C=S)cc3)nc2)CC1. The van der Waals surface area contributed by atoms with Crippen molar-refractivity contribution in [2.24, 2.45) is 10.9 Å². The second-order valence-electron chi connectivity index (χ2n) is 7.16. The first kappa shape index (κ1) is 18.7. The molecule has 3 rings (SSSR count). The molecule has 0 aliphatic heterocycles. The van der Waals surface area contributed by atoms with Crippen LogP contribution in [-0.2, 0) is 0 Å². The number of pyridine rings is 1. The van der Waals surface area contributed by atoms with Gasteiger partial charge >= 0.3 is 0 Å². The van der Waals surface area contributed by atoms with Gasteiger partial charge in [0, 0.05) is 11.8 Å². The number of nitrogens with zero attached hydrogens (tertiary/aromatic N) is 2. The molecule has 0 unspecified atom stereocenters. The van der Waals surface area contributed by atoms with Crippen LogP contribution in [0, 0.1) is 5.92 Å². The molecule has 3 heteroatoms. The first-order chi connectivity index (χ1) is 12.8. The van der Waals surface area contributed by atoms with Gasteiger partial charge in [0.25, 0.3) is 0 Å². The van der Waals surface area contributed by atoms with E-state index in [4.69, 9.17) is 4.98 Å². The maximum Gasteiger partial charge on any atom is 0.0740 e.